The Labute approximate surface area is 128 Å². The summed E-state index contributed by atoms with van der Waals surface area (Å²) >= 11 is 0. The Balaban J connectivity index is 1.87. The fraction of sp³-hybridized carbons (Fsp3) is 0.375. The molecule has 0 N–H and O–H groups in total. The van der Waals surface area contributed by atoms with Gasteiger partial charge < -0.3 is 18.7 Å². The highest BCUT2D eigenvalue weighted by Gasteiger charge is 2.20. The van der Waals surface area contributed by atoms with Crippen molar-refractivity contribution >= 4 is 11.6 Å². The Bertz CT molecular complexity index is 693. The molecule has 116 valence electrons. The summed E-state index contributed by atoms with van der Waals surface area (Å²) in [6.07, 6.45) is 1.78. The van der Waals surface area contributed by atoms with Crippen LogP contribution in [0.5, 0.6) is 11.5 Å². The largest absolute Gasteiger partial charge is 0.497 e. The van der Waals surface area contributed by atoms with Gasteiger partial charge in [-0.05, 0) is 38.1 Å². The quantitative estimate of drug-likeness (QED) is 0.845. The molecule has 1 atom stereocenters. The van der Waals surface area contributed by atoms with Crippen molar-refractivity contribution in [1.82, 2.24) is 10.1 Å². The molecule has 0 bridgehead atoms. The SMILES string of the molecule is CCO[C@H](C)c1noc(C2=Cc3cc(OC)ccc3OC2)n1. The van der Waals surface area contributed by atoms with Crippen LogP contribution in [0.3, 0.4) is 0 Å². The summed E-state index contributed by atoms with van der Waals surface area (Å²) in [5.41, 5.74) is 1.77. The smallest absolute Gasteiger partial charge is 0.257 e. The van der Waals surface area contributed by atoms with Crippen LogP contribution < -0.4 is 9.47 Å². The third-order valence-electron chi connectivity index (χ3n) is 3.43. The van der Waals surface area contributed by atoms with E-state index in [9.17, 15) is 0 Å². The molecule has 0 radical (unpaired) electrons. The number of benzene rings is 1. The number of ether oxygens (including phenoxy) is 3. The molecular weight excluding hydrogens is 284 g/mol. The van der Waals surface area contributed by atoms with E-state index in [0.29, 0.717) is 24.9 Å². The molecule has 6 nitrogen and oxygen atoms in total. The molecule has 0 fully saturated rings. The molecule has 2 heterocycles. The second kappa shape index (κ2) is 6.19. The predicted molar refractivity (Wildman–Crippen MR) is 80.7 cm³/mol. The normalized spacial score (nSPS) is 14.8. The van der Waals surface area contributed by atoms with Crippen LogP contribution in [0.2, 0.25) is 0 Å². The number of fused-ring (bicyclic) bond motifs is 1. The van der Waals surface area contributed by atoms with E-state index in [-0.39, 0.29) is 6.10 Å². The molecule has 1 aliphatic rings. The molecule has 0 amide bonds. The molecule has 0 unspecified atom stereocenters. The van der Waals surface area contributed by atoms with Crippen LogP contribution >= 0.6 is 0 Å². The highest BCUT2D eigenvalue weighted by molar-refractivity contribution is 5.83. The fourth-order valence-electron chi connectivity index (χ4n) is 2.26. The van der Waals surface area contributed by atoms with Crippen molar-refractivity contribution in [2.75, 3.05) is 20.3 Å². The Morgan fingerprint density at radius 1 is 1.36 bits per heavy atom. The van der Waals surface area contributed by atoms with Gasteiger partial charge in [-0.2, -0.15) is 4.98 Å². The monoisotopic (exact) mass is 302 g/mol. The van der Waals surface area contributed by atoms with E-state index >= 15 is 0 Å². The maximum absolute atomic E-state index is 5.72. The topological polar surface area (TPSA) is 66.6 Å². The lowest BCUT2D eigenvalue weighted by molar-refractivity contribution is 0.0683. The Morgan fingerprint density at radius 2 is 2.23 bits per heavy atom. The average molecular weight is 302 g/mol. The van der Waals surface area contributed by atoms with Gasteiger partial charge in [0.2, 0.25) is 5.82 Å². The van der Waals surface area contributed by atoms with E-state index in [1.165, 1.54) is 0 Å². The molecule has 0 saturated carbocycles. The highest BCUT2D eigenvalue weighted by atomic mass is 16.5. The van der Waals surface area contributed by atoms with Crippen molar-refractivity contribution < 1.29 is 18.7 Å². The van der Waals surface area contributed by atoms with E-state index in [2.05, 4.69) is 10.1 Å². The van der Waals surface area contributed by atoms with Gasteiger partial charge in [0.25, 0.3) is 5.89 Å². The molecule has 22 heavy (non-hydrogen) atoms. The Kier molecular flexibility index (Phi) is 4.11. The summed E-state index contributed by atoms with van der Waals surface area (Å²) < 4.78 is 21.7. The van der Waals surface area contributed by atoms with Crippen LogP contribution in [0, 0.1) is 0 Å². The summed E-state index contributed by atoms with van der Waals surface area (Å²) in [6, 6.07) is 5.67. The van der Waals surface area contributed by atoms with Crippen LogP contribution in [0.1, 0.15) is 37.2 Å². The second-order valence-electron chi connectivity index (χ2n) is 4.92. The van der Waals surface area contributed by atoms with Crippen LogP contribution in [0.15, 0.2) is 22.7 Å². The third kappa shape index (κ3) is 2.82. The maximum Gasteiger partial charge on any atom is 0.257 e. The first-order valence-corrected chi connectivity index (χ1v) is 7.18. The molecule has 6 heteroatoms. The lowest BCUT2D eigenvalue weighted by Crippen LogP contribution is -2.07. The van der Waals surface area contributed by atoms with Gasteiger partial charge in [-0.3, -0.25) is 0 Å². The molecular formula is C16H18N2O4. The highest BCUT2D eigenvalue weighted by Crippen LogP contribution is 2.32. The lowest BCUT2D eigenvalue weighted by atomic mass is 10.1. The summed E-state index contributed by atoms with van der Waals surface area (Å²) in [7, 11) is 1.63. The third-order valence-corrected chi connectivity index (χ3v) is 3.43. The van der Waals surface area contributed by atoms with Crippen LogP contribution in [0.25, 0.3) is 11.6 Å². The zero-order chi connectivity index (χ0) is 15.5. The standard InChI is InChI=1S/C16H18N2O4/c1-4-20-10(2)15-17-16(22-18-15)12-7-11-8-13(19-3)5-6-14(11)21-9-12/h5-8,10H,4,9H2,1-3H3/t10-/m1/s1. The van der Waals surface area contributed by atoms with E-state index in [0.717, 1.165) is 22.6 Å². The summed E-state index contributed by atoms with van der Waals surface area (Å²) in [5.74, 6) is 2.58. The molecule has 1 aromatic carbocycles. The number of methoxy groups -OCH3 is 1. The van der Waals surface area contributed by atoms with E-state index < -0.39 is 0 Å². The van der Waals surface area contributed by atoms with E-state index in [1.807, 2.05) is 38.1 Å². The zero-order valence-corrected chi connectivity index (χ0v) is 12.8. The first-order valence-electron chi connectivity index (χ1n) is 7.18. The molecule has 1 aromatic heterocycles. The molecule has 1 aliphatic heterocycles. The van der Waals surface area contributed by atoms with Gasteiger partial charge in [-0.1, -0.05) is 5.16 Å². The molecule has 2 aromatic rings. The summed E-state index contributed by atoms with van der Waals surface area (Å²) in [5, 5.41) is 3.97. The van der Waals surface area contributed by atoms with Crippen molar-refractivity contribution in [1.29, 1.82) is 0 Å². The Morgan fingerprint density at radius 3 is 3.00 bits per heavy atom. The number of hydrogen-bond donors (Lipinski definition) is 0. The number of aromatic nitrogens is 2. The first kappa shape index (κ1) is 14.6. The number of hydrogen-bond acceptors (Lipinski definition) is 6. The summed E-state index contributed by atoms with van der Waals surface area (Å²) in [4.78, 5) is 4.39. The molecule has 0 aliphatic carbocycles. The second-order valence-corrected chi connectivity index (χ2v) is 4.92. The van der Waals surface area contributed by atoms with Crippen molar-refractivity contribution in [2.24, 2.45) is 0 Å². The molecule has 0 spiro atoms. The average Bonchev–Trinajstić information content (AvgIpc) is 3.04. The van der Waals surface area contributed by atoms with Crippen LogP contribution in [-0.4, -0.2) is 30.5 Å². The number of rotatable bonds is 5. The minimum atomic E-state index is -0.194. The van der Waals surface area contributed by atoms with Gasteiger partial charge in [-0.15, -0.1) is 0 Å². The van der Waals surface area contributed by atoms with Crippen LogP contribution in [-0.2, 0) is 4.74 Å². The molecule has 3 rings (SSSR count). The Hall–Kier alpha value is -2.34. The maximum atomic E-state index is 5.72. The van der Waals surface area contributed by atoms with Gasteiger partial charge in [-0.25, -0.2) is 0 Å². The first-order chi connectivity index (χ1) is 10.7. The van der Waals surface area contributed by atoms with Crippen molar-refractivity contribution in [3.8, 4) is 11.5 Å². The van der Waals surface area contributed by atoms with Crippen LogP contribution in [0.4, 0.5) is 0 Å². The zero-order valence-electron chi connectivity index (χ0n) is 12.8. The van der Waals surface area contributed by atoms with Gasteiger partial charge in [0.1, 0.15) is 24.2 Å². The lowest BCUT2D eigenvalue weighted by Gasteiger charge is -2.16. The minimum absolute atomic E-state index is 0.194. The van der Waals surface area contributed by atoms with Crippen molar-refractivity contribution in [3.05, 3.63) is 35.5 Å². The van der Waals surface area contributed by atoms with Crippen molar-refractivity contribution in [3.63, 3.8) is 0 Å². The minimum Gasteiger partial charge on any atom is -0.497 e. The molecule has 0 saturated heterocycles. The van der Waals surface area contributed by atoms with Crippen molar-refractivity contribution in [2.45, 2.75) is 20.0 Å². The number of nitrogens with zero attached hydrogens (tertiary/aromatic N) is 2. The van der Waals surface area contributed by atoms with E-state index in [1.54, 1.807) is 7.11 Å². The van der Waals surface area contributed by atoms with Gasteiger partial charge >= 0.3 is 0 Å². The summed E-state index contributed by atoms with van der Waals surface area (Å²) in [6.45, 7) is 4.82. The van der Waals surface area contributed by atoms with Gasteiger partial charge in [0, 0.05) is 12.2 Å². The van der Waals surface area contributed by atoms with Gasteiger partial charge in [0.15, 0.2) is 0 Å². The fourth-order valence-corrected chi connectivity index (χ4v) is 2.26. The van der Waals surface area contributed by atoms with E-state index in [4.69, 9.17) is 18.7 Å². The van der Waals surface area contributed by atoms with Gasteiger partial charge in [0.05, 0.1) is 12.7 Å². The predicted octanol–water partition coefficient (Wildman–Crippen LogP) is 3.11.